The summed E-state index contributed by atoms with van der Waals surface area (Å²) in [5, 5.41) is 7.05. The molecule has 0 saturated carbocycles. The number of carbonyl (C=O) groups is 1. The fourth-order valence-corrected chi connectivity index (χ4v) is 2.03. The number of anilines is 1. The zero-order valence-corrected chi connectivity index (χ0v) is 12.5. The summed E-state index contributed by atoms with van der Waals surface area (Å²) in [6, 6.07) is 5.25. The second kappa shape index (κ2) is 7.54. The van der Waals surface area contributed by atoms with Gasteiger partial charge in [-0.3, -0.25) is 14.5 Å². The van der Waals surface area contributed by atoms with E-state index in [4.69, 9.17) is 0 Å². The molecule has 112 valence electrons. The number of pyridine rings is 1. The minimum Gasteiger partial charge on any atom is -0.318 e. The average molecular weight is 287 g/mol. The average Bonchev–Trinajstić information content (AvgIpc) is 2.96. The number of aromatic nitrogens is 3. The van der Waals surface area contributed by atoms with Crippen LogP contribution >= 0.6 is 0 Å². The van der Waals surface area contributed by atoms with Gasteiger partial charge < -0.3 is 10.2 Å². The first kappa shape index (κ1) is 15.2. The van der Waals surface area contributed by atoms with E-state index < -0.39 is 0 Å². The summed E-state index contributed by atoms with van der Waals surface area (Å²) in [7, 11) is 0. The monoisotopic (exact) mass is 287 g/mol. The Morgan fingerprint density at radius 2 is 2.14 bits per heavy atom. The quantitative estimate of drug-likeness (QED) is 0.844. The molecule has 0 aliphatic heterocycles. The van der Waals surface area contributed by atoms with Gasteiger partial charge in [0, 0.05) is 18.9 Å². The number of rotatable bonds is 7. The fourth-order valence-electron chi connectivity index (χ4n) is 2.03. The highest BCUT2D eigenvalue weighted by molar-refractivity contribution is 6.02. The molecule has 2 rings (SSSR count). The lowest BCUT2D eigenvalue weighted by atomic mass is 10.3. The molecule has 0 spiro atoms. The van der Waals surface area contributed by atoms with Crippen molar-refractivity contribution in [3.05, 3.63) is 42.5 Å². The third-order valence-electron chi connectivity index (χ3n) is 3.33. The van der Waals surface area contributed by atoms with Crippen molar-refractivity contribution in [3.63, 3.8) is 0 Å². The van der Waals surface area contributed by atoms with E-state index in [9.17, 15) is 4.79 Å². The van der Waals surface area contributed by atoms with Crippen molar-refractivity contribution in [2.24, 2.45) is 0 Å². The van der Waals surface area contributed by atoms with Gasteiger partial charge in [-0.2, -0.15) is 5.10 Å². The summed E-state index contributed by atoms with van der Waals surface area (Å²) in [5.41, 5.74) is 1.08. The van der Waals surface area contributed by atoms with E-state index in [2.05, 4.69) is 34.1 Å². The van der Waals surface area contributed by atoms with E-state index in [0.717, 1.165) is 26.2 Å². The number of likely N-dealkylation sites (N-methyl/N-ethyl adjacent to an activating group) is 1. The van der Waals surface area contributed by atoms with Crippen molar-refractivity contribution in [2.45, 2.75) is 20.4 Å². The van der Waals surface area contributed by atoms with Crippen LogP contribution < -0.4 is 5.32 Å². The molecule has 0 aliphatic rings. The molecule has 2 aromatic heterocycles. The second-order valence-corrected chi connectivity index (χ2v) is 4.69. The molecule has 0 bridgehead atoms. The van der Waals surface area contributed by atoms with Crippen molar-refractivity contribution >= 4 is 11.6 Å². The van der Waals surface area contributed by atoms with Crippen LogP contribution in [-0.2, 0) is 6.54 Å². The maximum atomic E-state index is 12.0. The van der Waals surface area contributed by atoms with E-state index in [1.165, 1.54) is 0 Å². The Labute approximate surface area is 124 Å². The Kier molecular flexibility index (Phi) is 5.45. The Hall–Kier alpha value is -2.21. The maximum Gasteiger partial charge on any atom is 0.274 e. The van der Waals surface area contributed by atoms with Crippen LogP contribution in [0.2, 0.25) is 0 Å². The molecule has 0 atom stereocenters. The molecule has 1 amide bonds. The van der Waals surface area contributed by atoms with Gasteiger partial charge >= 0.3 is 0 Å². The van der Waals surface area contributed by atoms with Gasteiger partial charge in [0.15, 0.2) is 0 Å². The molecule has 0 radical (unpaired) electrons. The smallest absolute Gasteiger partial charge is 0.274 e. The minimum absolute atomic E-state index is 0.223. The summed E-state index contributed by atoms with van der Waals surface area (Å²) in [4.78, 5) is 18.3. The SMILES string of the molecule is CCN(CC)CCn1cc(NC(=O)c2ccccn2)cn1. The molecule has 6 nitrogen and oxygen atoms in total. The van der Waals surface area contributed by atoms with Crippen LogP contribution in [0, 0.1) is 0 Å². The summed E-state index contributed by atoms with van der Waals surface area (Å²) in [5.74, 6) is -0.223. The van der Waals surface area contributed by atoms with Crippen LogP contribution in [-0.4, -0.2) is 45.2 Å². The lowest BCUT2D eigenvalue weighted by Gasteiger charge is -2.17. The molecular weight excluding hydrogens is 266 g/mol. The topological polar surface area (TPSA) is 63.0 Å². The number of hydrogen-bond donors (Lipinski definition) is 1. The first-order chi connectivity index (χ1) is 10.2. The lowest BCUT2D eigenvalue weighted by Crippen LogP contribution is -2.27. The van der Waals surface area contributed by atoms with E-state index in [-0.39, 0.29) is 5.91 Å². The van der Waals surface area contributed by atoms with Gasteiger partial charge in [-0.15, -0.1) is 0 Å². The highest BCUT2D eigenvalue weighted by atomic mass is 16.1. The molecule has 0 aromatic carbocycles. The Morgan fingerprint density at radius 3 is 2.81 bits per heavy atom. The van der Waals surface area contributed by atoms with Gasteiger partial charge in [0.2, 0.25) is 0 Å². The van der Waals surface area contributed by atoms with Crippen molar-refractivity contribution in [2.75, 3.05) is 25.0 Å². The molecule has 0 fully saturated rings. The summed E-state index contributed by atoms with van der Waals surface area (Å²) >= 11 is 0. The summed E-state index contributed by atoms with van der Waals surface area (Å²) in [6.07, 6.45) is 5.09. The molecule has 2 heterocycles. The zero-order chi connectivity index (χ0) is 15.1. The van der Waals surface area contributed by atoms with E-state index in [1.54, 1.807) is 30.6 Å². The predicted octanol–water partition coefficient (Wildman–Crippen LogP) is 1.87. The van der Waals surface area contributed by atoms with Crippen LogP contribution in [0.25, 0.3) is 0 Å². The Balaban J connectivity index is 1.90. The van der Waals surface area contributed by atoms with Crippen LogP contribution in [0.4, 0.5) is 5.69 Å². The van der Waals surface area contributed by atoms with Crippen LogP contribution in [0.5, 0.6) is 0 Å². The van der Waals surface area contributed by atoms with Crippen LogP contribution in [0.3, 0.4) is 0 Å². The van der Waals surface area contributed by atoms with Gasteiger partial charge in [-0.1, -0.05) is 19.9 Å². The van der Waals surface area contributed by atoms with Crippen molar-refractivity contribution in [1.82, 2.24) is 19.7 Å². The lowest BCUT2D eigenvalue weighted by molar-refractivity contribution is 0.102. The predicted molar refractivity (Wildman–Crippen MR) is 82.2 cm³/mol. The van der Waals surface area contributed by atoms with E-state index in [1.807, 2.05) is 10.9 Å². The number of nitrogens with one attached hydrogen (secondary N) is 1. The number of carbonyl (C=O) groups excluding carboxylic acids is 1. The Bertz CT molecular complexity index is 562. The molecule has 0 aliphatic carbocycles. The van der Waals surface area contributed by atoms with Gasteiger partial charge in [0.1, 0.15) is 5.69 Å². The first-order valence-electron chi connectivity index (χ1n) is 7.20. The number of amides is 1. The van der Waals surface area contributed by atoms with Gasteiger partial charge in [0.05, 0.1) is 18.4 Å². The highest BCUT2D eigenvalue weighted by Gasteiger charge is 2.08. The molecular formula is C15H21N5O. The molecule has 1 N–H and O–H groups in total. The molecule has 0 unspecified atom stereocenters. The number of nitrogens with zero attached hydrogens (tertiary/aromatic N) is 4. The highest BCUT2D eigenvalue weighted by Crippen LogP contribution is 2.07. The normalized spacial score (nSPS) is 10.8. The van der Waals surface area contributed by atoms with Crippen LogP contribution in [0.1, 0.15) is 24.3 Å². The molecule has 21 heavy (non-hydrogen) atoms. The van der Waals surface area contributed by atoms with Crippen molar-refractivity contribution in [1.29, 1.82) is 0 Å². The summed E-state index contributed by atoms with van der Waals surface area (Å²) < 4.78 is 1.84. The van der Waals surface area contributed by atoms with E-state index in [0.29, 0.717) is 11.4 Å². The molecule has 0 saturated heterocycles. The summed E-state index contributed by atoms with van der Waals surface area (Å²) in [6.45, 7) is 8.10. The first-order valence-corrected chi connectivity index (χ1v) is 7.20. The zero-order valence-electron chi connectivity index (χ0n) is 12.5. The second-order valence-electron chi connectivity index (χ2n) is 4.69. The van der Waals surface area contributed by atoms with Gasteiger partial charge in [-0.05, 0) is 25.2 Å². The van der Waals surface area contributed by atoms with Crippen molar-refractivity contribution < 1.29 is 4.79 Å². The third kappa shape index (κ3) is 4.39. The number of hydrogen-bond acceptors (Lipinski definition) is 4. The van der Waals surface area contributed by atoms with Crippen LogP contribution in [0.15, 0.2) is 36.8 Å². The fraction of sp³-hybridized carbons (Fsp3) is 0.400. The van der Waals surface area contributed by atoms with Gasteiger partial charge in [-0.25, -0.2) is 0 Å². The molecule has 6 heteroatoms. The van der Waals surface area contributed by atoms with Gasteiger partial charge in [0.25, 0.3) is 5.91 Å². The van der Waals surface area contributed by atoms with Crippen molar-refractivity contribution in [3.8, 4) is 0 Å². The maximum absolute atomic E-state index is 12.0. The third-order valence-corrected chi connectivity index (χ3v) is 3.33. The minimum atomic E-state index is -0.223. The Morgan fingerprint density at radius 1 is 1.33 bits per heavy atom. The standard InChI is InChI=1S/C15H21N5O/c1-3-19(4-2)9-10-20-12-13(11-17-20)18-15(21)14-7-5-6-8-16-14/h5-8,11-12H,3-4,9-10H2,1-2H3,(H,18,21). The van der Waals surface area contributed by atoms with E-state index >= 15 is 0 Å². The molecule has 2 aromatic rings. The largest absolute Gasteiger partial charge is 0.318 e.